The van der Waals surface area contributed by atoms with Gasteiger partial charge in [0, 0.05) is 98.9 Å². The van der Waals surface area contributed by atoms with Crippen molar-refractivity contribution in [2.75, 3.05) is 0 Å². The van der Waals surface area contributed by atoms with Gasteiger partial charge in [-0.25, -0.2) is 0 Å². The smallest absolute Gasteiger partial charge is 0.100 e. The summed E-state index contributed by atoms with van der Waals surface area (Å²) in [6.07, 6.45) is 0. The summed E-state index contributed by atoms with van der Waals surface area (Å²) in [6, 6.07) is 126. The maximum Gasteiger partial charge on any atom is 0.100 e. The summed E-state index contributed by atoms with van der Waals surface area (Å²) in [5.74, 6) is 0. The average molecular weight is 1230 g/mol. The van der Waals surface area contributed by atoms with Crippen molar-refractivity contribution in [3.05, 3.63) is 345 Å². The van der Waals surface area contributed by atoms with E-state index < -0.39 is 0 Å². The van der Waals surface area contributed by atoms with Crippen molar-refractivity contribution >= 4 is 109 Å². The second-order valence-electron chi connectivity index (χ2n) is 25.4. The fourth-order valence-corrected chi connectivity index (χ4v) is 16.3. The van der Waals surface area contributed by atoms with Crippen LogP contribution in [-0.2, 0) is 0 Å². The van der Waals surface area contributed by atoms with Crippen molar-refractivity contribution in [1.29, 1.82) is 5.26 Å². The standard InChI is InChI=1S/C91H56N6/c92-57-76-87(58-25-5-1-6-26-58)89(60-29-9-3-10-30-60)91(90(61-31-11-4-12-32-61)88(76)59-27-7-2-8-28-59)97-85-51-47-64(95-81-43-23-17-37-70(81)72-53-62(45-49-83(72)95)93-77-39-19-13-33-66(77)67-34-14-20-40-78(67)93)55-74(85)75-56-65(48-52-86(75)97)96-82-44-24-18-38-71(82)73-54-63(46-50-84(73)96)94-79-41-21-15-35-68(79)69-36-16-22-42-80(69)94/h1-56H. The summed E-state index contributed by atoms with van der Waals surface area (Å²) in [5, 5.41) is 23.8. The predicted molar refractivity (Wildman–Crippen MR) is 405 cm³/mol. The number of benzene rings is 15. The molecule has 0 saturated heterocycles. The third kappa shape index (κ3) is 8.07. The second kappa shape index (κ2) is 21.4. The van der Waals surface area contributed by atoms with E-state index in [0.29, 0.717) is 5.56 Å². The van der Waals surface area contributed by atoms with E-state index in [-0.39, 0.29) is 0 Å². The largest absolute Gasteiger partial charge is 0.309 e. The molecular formula is C91H56N6. The van der Waals surface area contributed by atoms with E-state index >= 15 is 0 Å². The van der Waals surface area contributed by atoms with E-state index in [2.05, 4.69) is 369 Å². The monoisotopic (exact) mass is 1230 g/mol. The van der Waals surface area contributed by atoms with E-state index in [1.54, 1.807) is 0 Å². The van der Waals surface area contributed by atoms with Crippen LogP contribution in [0.1, 0.15) is 5.56 Å². The summed E-state index contributed by atoms with van der Waals surface area (Å²) in [6.45, 7) is 0. The van der Waals surface area contributed by atoms with Crippen molar-refractivity contribution < 1.29 is 0 Å². The number of nitriles is 1. The molecule has 6 nitrogen and oxygen atoms in total. The van der Waals surface area contributed by atoms with E-state index in [1.165, 1.54) is 65.2 Å². The van der Waals surface area contributed by atoms with Crippen LogP contribution in [0, 0.1) is 11.3 Å². The van der Waals surface area contributed by atoms with Gasteiger partial charge in [0.2, 0.25) is 0 Å². The number of fused-ring (bicyclic) bond motifs is 15. The van der Waals surface area contributed by atoms with Crippen molar-refractivity contribution in [2.24, 2.45) is 0 Å². The van der Waals surface area contributed by atoms with Crippen molar-refractivity contribution in [1.82, 2.24) is 22.8 Å². The van der Waals surface area contributed by atoms with Gasteiger partial charge in [-0.05, 0) is 131 Å². The maximum absolute atomic E-state index is 12.0. The number of aromatic nitrogens is 5. The Morgan fingerprint density at radius 3 is 0.660 bits per heavy atom. The lowest BCUT2D eigenvalue weighted by molar-refractivity contribution is 1.16. The topological polar surface area (TPSA) is 48.4 Å². The van der Waals surface area contributed by atoms with E-state index in [1.807, 2.05) is 0 Å². The van der Waals surface area contributed by atoms with Crippen molar-refractivity contribution in [3.8, 4) is 79.0 Å². The van der Waals surface area contributed by atoms with Gasteiger partial charge in [0.1, 0.15) is 6.07 Å². The Kier molecular flexibility index (Phi) is 12.0. The Labute approximate surface area is 558 Å². The van der Waals surface area contributed by atoms with Gasteiger partial charge in [-0.15, -0.1) is 0 Å². The van der Waals surface area contributed by atoms with Gasteiger partial charge in [-0.3, -0.25) is 0 Å². The molecule has 0 aliphatic heterocycles. The molecule has 0 unspecified atom stereocenters. The normalized spacial score (nSPS) is 11.9. The molecule has 450 valence electrons. The number of rotatable bonds is 9. The van der Waals surface area contributed by atoms with Crippen LogP contribution in [0.15, 0.2) is 340 Å². The first kappa shape index (κ1) is 54.4. The van der Waals surface area contributed by atoms with Gasteiger partial charge in [0.25, 0.3) is 0 Å². The molecule has 0 aliphatic carbocycles. The Bertz CT molecular complexity index is 6170. The number of nitrogens with zero attached hydrogens (tertiary/aromatic N) is 6. The highest BCUT2D eigenvalue weighted by Crippen LogP contribution is 2.53. The quantitative estimate of drug-likeness (QED) is 0.142. The zero-order valence-electron chi connectivity index (χ0n) is 52.5. The molecule has 0 fully saturated rings. The molecular weight excluding hydrogens is 1180 g/mol. The van der Waals surface area contributed by atoms with Gasteiger partial charge < -0.3 is 22.8 Å². The van der Waals surface area contributed by atoms with Crippen LogP contribution in [-0.4, -0.2) is 22.8 Å². The highest BCUT2D eigenvalue weighted by molar-refractivity contribution is 6.18. The summed E-state index contributed by atoms with van der Waals surface area (Å²) in [7, 11) is 0. The number of hydrogen-bond acceptors (Lipinski definition) is 1. The predicted octanol–water partition coefficient (Wildman–Crippen LogP) is 23.7. The Balaban J connectivity index is 0.901. The third-order valence-electron chi connectivity index (χ3n) is 20.3. The van der Waals surface area contributed by atoms with Gasteiger partial charge in [0.15, 0.2) is 0 Å². The van der Waals surface area contributed by atoms with Crippen LogP contribution in [0.5, 0.6) is 0 Å². The molecule has 0 radical (unpaired) electrons. The van der Waals surface area contributed by atoms with Crippen LogP contribution < -0.4 is 0 Å². The highest BCUT2D eigenvalue weighted by Gasteiger charge is 2.31. The summed E-state index contributed by atoms with van der Waals surface area (Å²) < 4.78 is 12.3. The van der Waals surface area contributed by atoms with E-state index in [0.717, 1.165) is 117 Å². The lowest BCUT2D eigenvalue weighted by Gasteiger charge is -2.27. The minimum absolute atomic E-state index is 0.615. The first-order chi connectivity index (χ1) is 48.1. The van der Waals surface area contributed by atoms with Crippen LogP contribution in [0.4, 0.5) is 0 Å². The maximum atomic E-state index is 12.0. The third-order valence-corrected chi connectivity index (χ3v) is 20.3. The first-order valence-corrected chi connectivity index (χ1v) is 33.1. The van der Waals surface area contributed by atoms with E-state index in [4.69, 9.17) is 0 Å². The molecule has 0 bridgehead atoms. The van der Waals surface area contributed by atoms with Crippen molar-refractivity contribution in [2.45, 2.75) is 0 Å². The summed E-state index contributed by atoms with van der Waals surface area (Å²) >= 11 is 0. The molecule has 20 aromatic rings. The Hall–Kier alpha value is -13.2. The minimum Gasteiger partial charge on any atom is -0.309 e. The van der Waals surface area contributed by atoms with Crippen LogP contribution in [0.2, 0.25) is 0 Å². The van der Waals surface area contributed by atoms with Crippen LogP contribution in [0.25, 0.3) is 182 Å². The minimum atomic E-state index is 0.615. The average Bonchev–Trinajstić information content (AvgIpc) is 1.67. The molecule has 0 amide bonds. The Morgan fingerprint density at radius 1 is 0.186 bits per heavy atom. The van der Waals surface area contributed by atoms with Gasteiger partial charge in [-0.1, -0.05) is 231 Å². The van der Waals surface area contributed by atoms with Gasteiger partial charge in [0.05, 0.1) is 66.4 Å². The zero-order valence-corrected chi connectivity index (χ0v) is 52.5. The summed E-state index contributed by atoms with van der Waals surface area (Å²) in [5.41, 5.74) is 24.8. The molecule has 0 N–H and O–H groups in total. The molecule has 5 heterocycles. The molecule has 5 aromatic heterocycles. The molecule has 6 heteroatoms. The Morgan fingerprint density at radius 2 is 0.392 bits per heavy atom. The molecule has 0 saturated carbocycles. The second-order valence-corrected chi connectivity index (χ2v) is 25.4. The molecule has 20 rings (SSSR count). The molecule has 0 spiro atoms. The number of hydrogen-bond donors (Lipinski definition) is 0. The lowest BCUT2D eigenvalue weighted by Crippen LogP contribution is -2.07. The van der Waals surface area contributed by atoms with Gasteiger partial charge in [-0.2, -0.15) is 5.26 Å². The highest BCUT2D eigenvalue weighted by atomic mass is 15.0. The lowest BCUT2D eigenvalue weighted by atomic mass is 9.79. The van der Waals surface area contributed by atoms with Crippen LogP contribution in [0.3, 0.4) is 0 Å². The molecule has 0 atom stereocenters. The fourth-order valence-electron chi connectivity index (χ4n) is 16.3. The molecule has 0 aliphatic rings. The molecule has 97 heavy (non-hydrogen) atoms. The van der Waals surface area contributed by atoms with E-state index in [9.17, 15) is 5.26 Å². The fraction of sp³-hybridized carbons (Fsp3) is 0. The number of para-hydroxylation sites is 6. The van der Waals surface area contributed by atoms with Gasteiger partial charge >= 0.3 is 0 Å². The zero-order chi connectivity index (χ0) is 63.8. The first-order valence-electron chi connectivity index (χ1n) is 33.1. The SMILES string of the molecule is N#Cc1c(-c2ccccc2)c(-c2ccccc2)c(-n2c3ccc(-n4c5ccccc5c5cc(-n6c7ccccc7c7ccccc76)ccc54)cc3c3cc(-n4c5ccccc5c5cc(-n6c7ccccc7c7ccccc76)ccc54)ccc32)c(-c2ccccc2)c1-c1ccccc1. The van der Waals surface area contributed by atoms with Crippen molar-refractivity contribution in [3.63, 3.8) is 0 Å². The summed E-state index contributed by atoms with van der Waals surface area (Å²) in [4.78, 5) is 0. The molecule has 15 aromatic carbocycles. The van der Waals surface area contributed by atoms with Crippen LogP contribution >= 0.6 is 0 Å².